The number of nitrogens with zero attached hydrogens (tertiary/aromatic N) is 3. The van der Waals surface area contributed by atoms with Gasteiger partial charge < -0.3 is 15.5 Å². The van der Waals surface area contributed by atoms with Gasteiger partial charge in [0.1, 0.15) is 0 Å². The molecule has 8 heteroatoms. The molecule has 0 saturated heterocycles. The number of nitrogens with one attached hydrogen (secondary N) is 2. The lowest BCUT2D eigenvalue weighted by Gasteiger charge is -2.18. The summed E-state index contributed by atoms with van der Waals surface area (Å²) in [5, 5.41) is 17.1. The summed E-state index contributed by atoms with van der Waals surface area (Å²) in [7, 11) is 3.89. The highest BCUT2D eigenvalue weighted by Gasteiger charge is 2.04. The van der Waals surface area contributed by atoms with Crippen LogP contribution in [0.25, 0.3) is 0 Å². The summed E-state index contributed by atoms with van der Waals surface area (Å²) in [5.41, 5.74) is 2.10. The number of anilines is 1. The van der Waals surface area contributed by atoms with Gasteiger partial charge in [-0.3, -0.25) is 10.1 Å². The van der Waals surface area contributed by atoms with Crippen LogP contribution in [0.2, 0.25) is 0 Å². The third-order valence-electron chi connectivity index (χ3n) is 3.49. The Morgan fingerprint density at radius 3 is 2.31 bits per heavy atom. The Kier molecular flexibility index (Phi) is 9.42. The Labute approximate surface area is 170 Å². The molecule has 0 fully saturated rings. The zero-order valence-electron chi connectivity index (χ0n) is 14.9. The van der Waals surface area contributed by atoms with E-state index >= 15 is 0 Å². The molecule has 2 aromatic rings. The summed E-state index contributed by atoms with van der Waals surface area (Å²) in [6.45, 7) is 1.98. The van der Waals surface area contributed by atoms with Gasteiger partial charge in [0.15, 0.2) is 5.96 Å². The van der Waals surface area contributed by atoms with Crippen molar-refractivity contribution in [2.45, 2.75) is 6.54 Å². The average molecular weight is 469 g/mol. The lowest BCUT2D eigenvalue weighted by atomic mass is 10.2. The van der Waals surface area contributed by atoms with Crippen molar-refractivity contribution in [1.82, 2.24) is 10.2 Å². The smallest absolute Gasteiger partial charge is 0.269 e. The Balaban J connectivity index is 0.00000338. The molecule has 0 aromatic heterocycles. The first kappa shape index (κ1) is 21.7. The first-order chi connectivity index (χ1) is 12.1. The van der Waals surface area contributed by atoms with Crippen molar-refractivity contribution in [3.05, 3.63) is 70.3 Å². The maximum Gasteiger partial charge on any atom is 0.269 e. The number of aliphatic imine (C=N–C) groups is 1. The van der Waals surface area contributed by atoms with E-state index in [2.05, 4.69) is 15.6 Å². The standard InChI is InChI=1S/C18H23N5O2.HI/c1-22(2)18(21-14-15-6-4-3-5-7-15)20-13-12-19-16-8-10-17(11-9-16)23(24)25;/h3-11,19H,12-14H2,1-2H3,(H,20,21);1H. The van der Waals surface area contributed by atoms with Gasteiger partial charge in [0.2, 0.25) is 0 Å². The fraction of sp³-hybridized carbons (Fsp3) is 0.278. The van der Waals surface area contributed by atoms with Crippen LogP contribution in [0.4, 0.5) is 11.4 Å². The third kappa shape index (κ3) is 7.26. The van der Waals surface area contributed by atoms with Gasteiger partial charge in [-0.05, 0) is 17.7 Å². The Hall–Kier alpha value is -2.36. The summed E-state index contributed by atoms with van der Waals surface area (Å²) >= 11 is 0. The number of hydrogen-bond donors (Lipinski definition) is 2. The van der Waals surface area contributed by atoms with Gasteiger partial charge in [0.05, 0.1) is 11.5 Å². The number of non-ortho nitro benzene ring substituents is 1. The number of benzene rings is 2. The number of halogens is 1. The van der Waals surface area contributed by atoms with Crippen molar-refractivity contribution in [2.24, 2.45) is 4.99 Å². The predicted octanol–water partition coefficient (Wildman–Crippen LogP) is 3.33. The molecule has 0 aliphatic heterocycles. The number of guanidine groups is 1. The van der Waals surface area contributed by atoms with E-state index in [4.69, 9.17) is 0 Å². The van der Waals surface area contributed by atoms with Crippen molar-refractivity contribution in [3.8, 4) is 0 Å². The van der Waals surface area contributed by atoms with Crippen LogP contribution in [-0.4, -0.2) is 43.0 Å². The van der Waals surface area contributed by atoms with Gasteiger partial charge in [0, 0.05) is 45.0 Å². The van der Waals surface area contributed by atoms with Crippen LogP contribution in [-0.2, 0) is 6.54 Å². The zero-order valence-corrected chi connectivity index (χ0v) is 17.2. The SMILES string of the molecule is CN(C)C(=NCc1ccccc1)NCCNc1ccc([N+](=O)[O-])cc1.I. The Bertz CT molecular complexity index is 705. The van der Waals surface area contributed by atoms with Gasteiger partial charge >= 0.3 is 0 Å². The van der Waals surface area contributed by atoms with Crippen LogP contribution in [0, 0.1) is 10.1 Å². The van der Waals surface area contributed by atoms with E-state index in [9.17, 15) is 10.1 Å². The van der Waals surface area contributed by atoms with E-state index in [0.717, 1.165) is 17.2 Å². The van der Waals surface area contributed by atoms with E-state index in [1.165, 1.54) is 12.1 Å². The van der Waals surface area contributed by atoms with Crippen LogP contribution in [0.1, 0.15) is 5.56 Å². The second kappa shape index (κ2) is 11.3. The molecule has 7 nitrogen and oxygen atoms in total. The molecule has 0 amide bonds. The molecule has 140 valence electrons. The molecule has 26 heavy (non-hydrogen) atoms. The third-order valence-corrected chi connectivity index (χ3v) is 3.49. The van der Waals surface area contributed by atoms with E-state index in [0.29, 0.717) is 19.6 Å². The predicted molar refractivity (Wildman–Crippen MR) is 116 cm³/mol. The van der Waals surface area contributed by atoms with Crippen molar-refractivity contribution >= 4 is 41.3 Å². The van der Waals surface area contributed by atoms with E-state index in [1.54, 1.807) is 12.1 Å². The van der Waals surface area contributed by atoms with E-state index in [-0.39, 0.29) is 29.7 Å². The molecule has 0 radical (unpaired) electrons. The molecule has 0 aliphatic rings. The summed E-state index contributed by atoms with van der Waals surface area (Å²) in [5.74, 6) is 0.814. The molecule has 0 unspecified atom stereocenters. The number of nitro groups is 1. The van der Waals surface area contributed by atoms with Gasteiger partial charge in [-0.15, -0.1) is 24.0 Å². The minimum Gasteiger partial charge on any atom is -0.383 e. The topological polar surface area (TPSA) is 82.8 Å². The van der Waals surface area contributed by atoms with Crippen LogP contribution in [0.15, 0.2) is 59.6 Å². The van der Waals surface area contributed by atoms with Gasteiger partial charge in [0.25, 0.3) is 5.69 Å². The molecule has 0 spiro atoms. The highest BCUT2D eigenvalue weighted by atomic mass is 127. The second-order valence-electron chi connectivity index (χ2n) is 5.68. The molecule has 0 bridgehead atoms. The van der Waals surface area contributed by atoms with Crippen LogP contribution < -0.4 is 10.6 Å². The maximum atomic E-state index is 10.6. The zero-order chi connectivity index (χ0) is 18.1. The number of nitro benzene ring substituents is 1. The summed E-state index contributed by atoms with van der Waals surface area (Å²) in [6.07, 6.45) is 0. The first-order valence-corrected chi connectivity index (χ1v) is 8.04. The van der Waals surface area contributed by atoms with E-state index in [1.807, 2.05) is 49.3 Å². The fourth-order valence-corrected chi connectivity index (χ4v) is 2.19. The molecular weight excluding hydrogens is 445 g/mol. The average Bonchev–Trinajstić information content (AvgIpc) is 2.62. The highest BCUT2D eigenvalue weighted by molar-refractivity contribution is 14.0. The van der Waals surface area contributed by atoms with Gasteiger partial charge in [-0.2, -0.15) is 0 Å². The lowest BCUT2D eigenvalue weighted by molar-refractivity contribution is -0.384. The molecule has 2 aromatic carbocycles. The molecule has 0 heterocycles. The normalized spacial score (nSPS) is 10.6. The van der Waals surface area contributed by atoms with E-state index < -0.39 is 4.92 Å². The van der Waals surface area contributed by atoms with Crippen LogP contribution in [0.3, 0.4) is 0 Å². The van der Waals surface area contributed by atoms with Crippen molar-refractivity contribution in [2.75, 3.05) is 32.5 Å². The summed E-state index contributed by atoms with van der Waals surface area (Å²) < 4.78 is 0. The van der Waals surface area contributed by atoms with Gasteiger partial charge in [-0.25, -0.2) is 4.99 Å². The lowest BCUT2D eigenvalue weighted by Crippen LogP contribution is -2.38. The summed E-state index contributed by atoms with van der Waals surface area (Å²) in [4.78, 5) is 16.8. The van der Waals surface area contributed by atoms with Gasteiger partial charge in [-0.1, -0.05) is 30.3 Å². The number of hydrogen-bond acceptors (Lipinski definition) is 4. The molecule has 2 N–H and O–H groups in total. The quantitative estimate of drug-likeness (QED) is 0.162. The minimum atomic E-state index is -0.405. The van der Waals surface area contributed by atoms with Crippen LogP contribution in [0.5, 0.6) is 0 Å². The molecule has 0 saturated carbocycles. The highest BCUT2D eigenvalue weighted by Crippen LogP contribution is 2.14. The Morgan fingerprint density at radius 1 is 1.08 bits per heavy atom. The van der Waals surface area contributed by atoms with Crippen molar-refractivity contribution in [3.63, 3.8) is 0 Å². The van der Waals surface area contributed by atoms with Crippen molar-refractivity contribution < 1.29 is 4.92 Å². The summed E-state index contributed by atoms with van der Waals surface area (Å²) in [6, 6.07) is 16.5. The van der Waals surface area contributed by atoms with Crippen LogP contribution >= 0.6 is 24.0 Å². The minimum absolute atomic E-state index is 0. The number of rotatable bonds is 7. The maximum absolute atomic E-state index is 10.6. The molecule has 0 atom stereocenters. The molecular formula is C18H24IN5O2. The molecule has 0 aliphatic carbocycles. The second-order valence-corrected chi connectivity index (χ2v) is 5.68. The monoisotopic (exact) mass is 469 g/mol. The van der Waals surface area contributed by atoms with Crippen molar-refractivity contribution in [1.29, 1.82) is 0 Å². The first-order valence-electron chi connectivity index (χ1n) is 8.04. The molecule has 2 rings (SSSR count). The fourth-order valence-electron chi connectivity index (χ4n) is 2.19. The largest absolute Gasteiger partial charge is 0.383 e. The Morgan fingerprint density at radius 2 is 1.73 bits per heavy atom.